The van der Waals surface area contributed by atoms with Gasteiger partial charge in [0.1, 0.15) is 0 Å². The Hall–Kier alpha value is -0.0313. The molecule has 4 heteroatoms. The molecule has 0 saturated heterocycles. The molecule has 18 heavy (non-hydrogen) atoms. The maximum atomic E-state index is 5.81. The summed E-state index contributed by atoms with van der Waals surface area (Å²) in [5, 5.41) is 0. The Kier molecular flexibility index (Phi) is 4.42. The summed E-state index contributed by atoms with van der Waals surface area (Å²) in [6.45, 7) is 5.11. The monoisotopic (exact) mass is 417 g/mol. The first-order valence-corrected chi connectivity index (χ1v) is 19.9. The van der Waals surface area contributed by atoms with Crippen LogP contribution in [0, 0.1) is 5.92 Å². The van der Waals surface area contributed by atoms with Crippen molar-refractivity contribution in [2.75, 3.05) is 6.61 Å². The zero-order valence-corrected chi connectivity index (χ0v) is 15.8. The Morgan fingerprint density at radius 1 is 1.33 bits per heavy atom. The van der Waals surface area contributed by atoms with Crippen LogP contribution in [-0.4, -0.2) is 34.7 Å². The first kappa shape index (κ1) is 14.4. The Balaban J connectivity index is 2.38. The molecule has 98 valence electrons. The van der Waals surface area contributed by atoms with Crippen LogP contribution in [0.5, 0.6) is 0 Å². The number of nitrogens with zero attached hydrogens (tertiary/aromatic N) is 1. The van der Waals surface area contributed by atoms with Crippen LogP contribution in [0.4, 0.5) is 0 Å². The molecule has 0 radical (unpaired) electrons. The van der Waals surface area contributed by atoms with Crippen molar-refractivity contribution in [1.82, 2.24) is 0 Å². The molecule has 0 spiro atoms. The van der Waals surface area contributed by atoms with Gasteiger partial charge in [0.15, 0.2) is 0 Å². The topological polar surface area (TPSA) is 21.6 Å². The van der Waals surface area contributed by atoms with Gasteiger partial charge in [0.25, 0.3) is 0 Å². The van der Waals surface area contributed by atoms with Crippen LogP contribution >= 0.6 is 12.7 Å². The third-order valence-corrected chi connectivity index (χ3v) is 11.0. The molecule has 0 amide bonds. The molecule has 1 atom stereocenters. The van der Waals surface area contributed by atoms with Crippen molar-refractivity contribution in [2.45, 2.75) is 29.8 Å². The number of benzene rings is 1. The molecule has 1 unspecified atom stereocenters. The van der Waals surface area contributed by atoms with Crippen LogP contribution in [0.15, 0.2) is 29.3 Å². The van der Waals surface area contributed by atoms with Crippen LogP contribution in [0.2, 0.25) is 9.88 Å². The third-order valence-electron chi connectivity index (χ3n) is 3.24. The van der Waals surface area contributed by atoms with Crippen LogP contribution in [0.1, 0.15) is 19.4 Å². The molecule has 0 saturated carbocycles. The van der Waals surface area contributed by atoms with E-state index >= 15 is 0 Å². The maximum absolute atomic E-state index is 5.81. The van der Waals surface area contributed by atoms with Gasteiger partial charge in [-0.3, -0.25) is 0 Å². The quantitative estimate of drug-likeness (QED) is 0.693. The molecule has 0 aliphatic carbocycles. The van der Waals surface area contributed by atoms with E-state index in [0.29, 0.717) is 12.0 Å². The van der Waals surface area contributed by atoms with Crippen molar-refractivity contribution in [3.05, 3.63) is 29.8 Å². The van der Waals surface area contributed by atoms with Crippen molar-refractivity contribution >= 4 is 38.3 Å². The van der Waals surface area contributed by atoms with Gasteiger partial charge < -0.3 is 0 Å². The summed E-state index contributed by atoms with van der Waals surface area (Å²) in [6, 6.07) is 8.83. The van der Waals surface area contributed by atoms with E-state index in [2.05, 4.69) is 60.7 Å². The van der Waals surface area contributed by atoms with Crippen LogP contribution in [0.3, 0.4) is 0 Å². The SMILES string of the molecule is CC(C)C1COC(c2cccc[c]2[Sn]([CH3])([CH3])[Br])=N1. The summed E-state index contributed by atoms with van der Waals surface area (Å²) < 4.78 is 7.24. The molecule has 0 fully saturated rings. The fourth-order valence-electron chi connectivity index (χ4n) is 2.07. The van der Waals surface area contributed by atoms with E-state index in [1.807, 2.05) is 0 Å². The molecule has 1 aromatic carbocycles. The molecule has 2 nitrogen and oxygen atoms in total. The zero-order chi connectivity index (χ0) is 13.3. The summed E-state index contributed by atoms with van der Waals surface area (Å²) >= 11 is 1.64. The van der Waals surface area contributed by atoms with Gasteiger partial charge in [-0.15, -0.1) is 0 Å². The van der Waals surface area contributed by atoms with Crippen LogP contribution in [0.25, 0.3) is 0 Å². The predicted molar refractivity (Wildman–Crippen MR) is 83.6 cm³/mol. The van der Waals surface area contributed by atoms with Gasteiger partial charge >= 0.3 is 120 Å². The summed E-state index contributed by atoms with van der Waals surface area (Å²) in [7, 11) is 0. The molecule has 2 rings (SSSR count). The summed E-state index contributed by atoms with van der Waals surface area (Å²) in [5.74, 6) is 1.38. The van der Waals surface area contributed by atoms with E-state index in [1.165, 1.54) is 9.14 Å². The van der Waals surface area contributed by atoms with Gasteiger partial charge in [-0.1, -0.05) is 0 Å². The third kappa shape index (κ3) is 3.10. The van der Waals surface area contributed by atoms with E-state index in [1.54, 1.807) is 0 Å². The molecule has 0 aromatic heterocycles. The first-order chi connectivity index (χ1) is 8.39. The first-order valence-electron chi connectivity index (χ1n) is 6.39. The normalized spacial score (nSPS) is 19.9. The second kappa shape index (κ2) is 5.53. The predicted octanol–water partition coefficient (Wildman–Crippen LogP) is 3.30. The summed E-state index contributed by atoms with van der Waals surface area (Å²) in [5.41, 5.74) is 1.19. The Morgan fingerprint density at radius 2 is 2.00 bits per heavy atom. The van der Waals surface area contributed by atoms with E-state index < -0.39 is 16.2 Å². The number of ether oxygens (including phenoxy) is 1. The van der Waals surface area contributed by atoms with Crippen LogP contribution < -0.4 is 3.58 Å². The minimum absolute atomic E-state index is 0.307. The molecule has 0 bridgehead atoms. The van der Waals surface area contributed by atoms with Gasteiger partial charge in [-0.2, -0.15) is 0 Å². The Bertz CT molecular complexity index is 465. The number of hydrogen-bond acceptors (Lipinski definition) is 2. The van der Waals surface area contributed by atoms with Gasteiger partial charge in [0, 0.05) is 0 Å². The number of rotatable bonds is 3. The molecular weight excluding hydrogens is 397 g/mol. The number of hydrogen-bond donors (Lipinski definition) is 0. The van der Waals surface area contributed by atoms with Crippen molar-refractivity contribution in [1.29, 1.82) is 0 Å². The zero-order valence-electron chi connectivity index (χ0n) is 11.4. The molecular formula is C14H20BrNOSn. The second-order valence-corrected chi connectivity index (χ2v) is 28.8. The fraction of sp³-hybridized carbons (Fsp3) is 0.500. The molecule has 1 heterocycles. The minimum atomic E-state index is -2.29. The van der Waals surface area contributed by atoms with Gasteiger partial charge in [0.05, 0.1) is 0 Å². The van der Waals surface area contributed by atoms with E-state index in [0.717, 1.165) is 12.5 Å². The van der Waals surface area contributed by atoms with Crippen molar-refractivity contribution in [3.63, 3.8) is 0 Å². The summed E-state index contributed by atoms with van der Waals surface area (Å²) in [6.07, 6.45) is 0. The average Bonchev–Trinajstić information content (AvgIpc) is 2.77. The van der Waals surface area contributed by atoms with Crippen molar-refractivity contribution in [3.8, 4) is 0 Å². The Morgan fingerprint density at radius 3 is 2.56 bits per heavy atom. The van der Waals surface area contributed by atoms with Crippen molar-refractivity contribution in [2.24, 2.45) is 10.9 Å². The average molecular weight is 417 g/mol. The van der Waals surface area contributed by atoms with E-state index in [9.17, 15) is 0 Å². The van der Waals surface area contributed by atoms with Gasteiger partial charge in [-0.05, 0) is 0 Å². The molecule has 1 aromatic rings. The summed E-state index contributed by atoms with van der Waals surface area (Å²) in [4.78, 5) is 9.44. The van der Waals surface area contributed by atoms with E-state index in [4.69, 9.17) is 9.73 Å². The van der Waals surface area contributed by atoms with Gasteiger partial charge in [-0.25, -0.2) is 0 Å². The molecule has 1 aliphatic rings. The fourth-order valence-corrected chi connectivity index (χ4v) is 8.16. The number of halogens is 1. The van der Waals surface area contributed by atoms with Gasteiger partial charge in [0.2, 0.25) is 0 Å². The number of aliphatic imine (C=N–C) groups is 1. The molecule has 0 N–H and O–H groups in total. The van der Waals surface area contributed by atoms with E-state index in [-0.39, 0.29) is 0 Å². The standard InChI is InChI=1S/C12H14NO.2CH3.BrH.Sn/c1-9(2)11-8-14-12(13-11)10-6-4-3-5-7-10;;;;/h3-6,9,11H,8H2,1-2H3;2*1H3;1H;/q;;;;+1/p-1. The Labute approximate surface area is 119 Å². The molecule has 1 aliphatic heterocycles. The van der Waals surface area contributed by atoms with Crippen molar-refractivity contribution < 1.29 is 4.74 Å². The second-order valence-electron chi connectivity index (χ2n) is 5.57. The van der Waals surface area contributed by atoms with Crippen LogP contribution in [-0.2, 0) is 4.74 Å².